The topological polar surface area (TPSA) is 46.3 Å². The van der Waals surface area contributed by atoms with E-state index in [1.807, 2.05) is 36.4 Å². The number of rotatable bonds is 1. The molecule has 3 aromatic carbocycles. The predicted octanol–water partition coefficient (Wildman–Crippen LogP) is 4.33. The molecular formula is C19H11NO2. The summed E-state index contributed by atoms with van der Waals surface area (Å²) in [5.74, 6) is 3.18. The second-order valence-electron chi connectivity index (χ2n) is 5.06. The third kappa shape index (κ3) is 1.90. The van der Waals surface area contributed by atoms with Gasteiger partial charge in [-0.3, -0.25) is 0 Å². The SMILES string of the molecule is C#Cc1ccc2cc3oc(-c4ccccc4O)nc3cc2c1. The van der Waals surface area contributed by atoms with Crippen LogP contribution in [0.3, 0.4) is 0 Å². The molecule has 1 heterocycles. The minimum atomic E-state index is 0.147. The molecule has 4 rings (SSSR count). The summed E-state index contributed by atoms with van der Waals surface area (Å²) >= 11 is 0. The number of phenols is 1. The second kappa shape index (κ2) is 4.64. The fraction of sp³-hybridized carbons (Fsp3) is 0. The Morgan fingerprint density at radius 3 is 2.68 bits per heavy atom. The van der Waals surface area contributed by atoms with Crippen molar-refractivity contribution < 1.29 is 9.52 Å². The molecule has 0 aliphatic carbocycles. The fourth-order valence-corrected chi connectivity index (χ4v) is 2.53. The number of terminal acetylenes is 1. The highest BCUT2D eigenvalue weighted by Crippen LogP contribution is 2.32. The zero-order valence-corrected chi connectivity index (χ0v) is 11.6. The van der Waals surface area contributed by atoms with E-state index >= 15 is 0 Å². The summed E-state index contributed by atoms with van der Waals surface area (Å²) in [7, 11) is 0. The number of fused-ring (bicyclic) bond motifs is 2. The molecule has 0 saturated heterocycles. The van der Waals surface area contributed by atoms with Crippen molar-refractivity contribution >= 4 is 21.9 Å². The quantitative estimate of drug-likeness (QED) is 0.529. The highest BCUT2D eigenvalue weighted by molar-refractivity contribution is 5.95. The highest BCUT2D eigenvalue weighted by atomic mass is 16.3. The maximum absolute atomic E-state index is 9.92. The van der Waals surface area contributed by atoms with Gasteiger partial charge >= 0.3 is 0 Å². The van der Waals surface area contributed by atoms with E-state index in [0.29, 0.717) is 17.0 Å². The van der Waals surface area contributed by atoms with Crippen molar-refractivity contribution in [2.45, 2.75) is 0 Å². The minimum absolute atomic E-state index is 0.147. The van der Waals surface area contributed by atoms with E-state index in [-0.39, 0.29) is 5.75 Å². The van der Waals surface area contributed by atoms with Gasteiger partial charge in [-0.25, -0.2) is 4.98 Å². The van der Waals surface area contributed by atoms with Gasteiger partial charge < -0.3 is 9.52 Å². The van der Waals surface area contributed by atoms with E-state index in [9.17, 15) is 5.11 Å². The highest BCUT2D eigenvalue weighted by Gasteiger charge is 2.12. The molecule has 0 saturated carbocycles. The Kier molecular flexibility index (Phi) is 2.64. The zero-order valence-electron chi connectivity index (χ0n) is 11.6. The molecule has 0 atom stereocenters. The first kappa shape index (κ1) is 12.5. The Morgan fingerprint density at radius 1 is 1.00 bits per heavy atom. The molecule has 3 nitrogen and oxygen atoms in total. The smallest absolute Gasteiger partial charge is 0.231 e. The van der Waals surface area contributed by atoms with Gasteiger partial charge in [0.15, 0.2) is 5.58 Å². The molecule has 22 heavy (non-hydrogen) atoms. The van der Waals surface area contributed by atoms with Gasteiger partial charge in [0.1, 0.15) is 11.3 Å². The lowest BCUT2D eigenvalue weighted by Gasteiger charge is -1.98. The van der Waals surface area contributed by atoms with Crippen LogP contribution in [0.2, 0.25) is 0 Å². The van der Waals surface area contributed by atoms with Gasteiger partial charge in [0, 0.05) is 5.56 Å². The molecule has 0 aliphatic heterocycles. The Morgan fingerprint density at radius 2 is 1.86 bits per heavy atom. The fourth-order valence-electron chi connectivity index (χ4n) is 2.53. The van der Waals surface area contributed by atoms with Crippen molar-refractivity contribution in [3.05, 3.63) is 60.2 Å². The number of aromatic nitrogens is 1. The monoisotopic (exact) mass is 285 g/mol. The summed E-state index contributed by atoms with van der Waals surface area (Å²) in [4.78, 5) is 4.47. The van der Waals surface area contributed by atoms with Crippen LogP contribution >= 0.6 is 0 Å². The molecule has 1 aromatic heterocycles. The van der Waals surface area contributed by atoms with Crippen molar-refractivity contribution in [3.8, 4) is 29.5 Å². The van der Waals surface area contributed by atoms with E-state index in [1.165, 1.54) is 0 Å². The van der Waals surface area contributed by atoms with Crippen molar-refractivity contribution in [1.29, 1.82) is 0 Å². The molecule has 0 unspecified atom stereocenters. The van der Waals surface area contributed by atoms with Gasteiger partial charge in [-0.05, 0) is 47.2 Å². The van der Waals surface area contributed by atoms with Gasteiger partial charge in [-0.2, -0.15) is 0 Å². The Bertz CT molecular complexity index is 1050. The first-order valence-corrected chi connectivity index (χ1v) is 6.84. The summed E-state index contributed by atoms with van der Waals surface area (Å²) < 4.78 is 5.79. The lowest BCUT2D eigenvalue weighted by Crippen LogP contribution is -1.78. The van der Waals surface area contributed by atoms with E-state index in [1.54, 1.807) is 18.2 Å². The van der Waals surface area contributed by atoms with E-state index in [4.69, 9.17) is 10.8 Å². The van der Waals surface area contributed by atoms with Crippen LogP contribution in [0.1, 0.15) is 5.56 Å². The lowest BCUT2D eigenvalue weighted by molar-refractivity contribution is 0.474. The third-order valence-electron chi connectivity index (χ3n) is 3.65. The number of benzene rings is 3. The van der Waals surface area contributed by atoms with Crippen LogP contribution in [0.25, 0.3) is 33.3 Å². The van der Waals surface area contributed by atoms with Gasteiger partial charge in [0.2, 0.25) is 5.89 Å². The van der Waals surface area contributed by atoms with E-state index in [0.717, 1.165) is 21.9 Å². The second-order valence-corrected chi connectivity index (χ2v) is 5.06. The van der Waals surface area contributed by atoms with Crippen LogP contribution in [0.5, 0.6) is 5.75 Å². The molecule has 4 aromatic rings. The largest absolute Gasteiger partial charge is 0.507 e. The van der Waals surface area contributed by atoms with Crippen molar-refractivity contribution in [1.82, 2.24) is 4.98 Å². The number of hydrogen-bond donors (Lipinski definition) is 1. The number of aromatic hydroxyl groups is 1. The van der Waals surface area contributed by atoms with Gasteiger partial charge in [0.05, 0.1) is 5.56 Å². The average Bonchev–Trinajstić information content (AvgIpc) is 2.95. The maximum atomic E-state index is 9.92. The summed E-state index contributed by atoms with van der Waals surface area (Å²) in [6.45, 7) is 0. The molecule has 104 valence electrons. The molecule has 0 fully saturated rings. The standard InChI is InChI=1S/C19H11NO2/c1-2-12-7-8-13-11-18-16(10-14(13)9-12)20-19(22-18)15-5-3-4-6-17(15)21/h1,3-11,21H. The maximum Gasteiger partial charge on any atom is 0.231 e. The first-order chi connectivity index (χ1) is 10.7. The van der Waals surface area contributed by atoms with Crippen molar-refractivity contribution in [2.24, 2.45) is 0 Å². The molecule has 0 amide bonds. The molecule has 0 aliphatic rings. The zero-order chi connectivity index (χ0) is 15.1. The number of hydrogen-bond acceptors (Lipinski definition) is 3. The number of phenolic OH excluding ortho intramolecular Hbond substituents is 1. The van der Waals surface area contributed by atoms with Crippen LogP contribution in [-0.4, -0.2) is 10.1 Å². The average molecular weight is 285 g/mol. The van der Waals surface area contributed by atoms with Crippen LogP contribution in [0.15, 0.2) is 59.0 Å². The molecular weight excluding hydrogens is 274 g/mol. The Hall–Kier alpha value is -3.25. The predicted molar refractivity (Wildman–Crippen MR) is 86.6 cm³/mol. The summed E-state index contributed by atoms with van der Waals surface area (Å²) in [5.41, 5.74) is 2.82. The molecule has 1 N–H and O–H groups in total. The summed E-state index contributed by atoms with van der Waals surface area (Å²) in [6, 6.07) is 16.7. The van der Waals surface area contributed by atoms with E-state index < -0.39 is 0 Å². The minimum Gasteiger partial charge on any atom is -0.507 e. The van der Waals surface area contributed by atoms with Gasteiger partial charge in [0.25, 0.3) is 0 Å². The number of para-hydroxylation sites is 1. The lowest BCUT2D eigenvalue weighted by atomic mass is 10.1. The van der Waals surface area contributed by atoms with Crippen LogP contribution in [0, 0.1) is 12.3 Å². The van der Waals surface area contributed by atoms with Gasteiger partial charge in [-0.15, -0.1) is 6.42 Å². The van der Waals surface area contributed by atoms with Crippen molar-refractivity contribution in [3.63, 3.8) is 0 Å². The summed E-state index contributed by atoms with van der Waals surface area (Å²) in [5, 5.41) is 12.0. The van der Waals surface area contributed by atoms with Gasteiger partial charge in [-0.1, -0.05) is 24.1 Å². The number of oxazole rings is 1. The molecule has 0 spiro atoms. The summed E-state index contributed by atoms with van der Waals surface area (Å²) in [6.07, 6.45) is 5.44. The Balaban J connectivity index is 1.96. The first-order valence-electron chi connectivity index (χ1n) is 6.84. The normalized spacial score (nSPS) is 10.9. The molecule has 0 radical (unpaired) electrons. The van der Waals surface area contributed by atoms with Crippen molar-refractivity contribution in [2.75, 3.05) is 0 Å². The Labute approximate surface area is 126 Å². The molecule has 0 bridgehead atoms. The van der Waals surface area contributed by atoms with E-state index in [2.05, 4.69) is 10.9 Å². The number of nitrogens with zero attached hydrogens (tertiary/aromatic N) is 1. The van der Waals surface area contributed by atoms with Crippen LogP contribution < -0.4 is 0 Å². The van der Waals surface area contributed by atoms with Crippen LogP contribution in [-0.2, 0) is 0 Å². The molecule has 3 heteroatoms. The van der Waals surface area contributed by atoms with Crippen LogP contribution in [0.4, 0.5) is 0 Å². The third-order valence-corrected chi connectivity index (χ3v) is 3.65.